The van der Waals surface area contributed by atoms with Crippen LogP contribution in [0.4, 0.5) is 5.95 Å². The van der Waals surface area contributed by atoms with E-state index in [0.29, 0.717) is 5.56 Å². The summed E-state index contributed by atoms with van der Waals surface area (Å²) in [5.74, 6) is 1.84. The lowest BCUT2D eigenvalue weighted by molar-refractivity contribution is 0.0933. The molecule has 1 aliphatic rings. The summed E-state index contributed by atoms with van der Waals surface area (Å²) in [4.78, 5) is 15.2. The van der Waals surface area contributed by atoms with Gasteiger partial charge in [0.25, 0.3) is 5.91 Å². The molecule has 33 heavy (non-hydrogen) atoms. The van der Waals surface area contributed by atoms with E-state index in [-0.39, 0.29) is 11.9 Å². The SMILES string of the molecule is Cn1c(CCc2ccccc2)nnc1N1CCCC(NC(=O)c2ccc3ccccc3c2)C1. The number of nitrogens with zero attached hydrogens (tertiary/aromatic N) is 4. The van der Waals surface area contributed by atoms with E-state index >= 15 is 0 Å². The van der Waals surface area contributed by atoms with Crippen LogP contribution in [0.5, 0.6) is 0 Å². The zero-order valence-electron chi connectivity index (χ0n) is 18.9. The third-order valence-corrected chi connectivity index (χ3v) is 6.47. The van der Waals surface area contributed by atoms with Crippen LogP contribution in [0.2, 0.25) is 0 Å². The molecule has 2 heterocycles. The maximum atomic E-state index is 12.9. The number of carbonyl (C=O) groups excluding carboxylic acids is 1. The molecule has 6 heteroatoms. The molecule has 6 nitrogen and oxygen atoms in total. The van der Waals surface area contributed by atoms with Crippen LogP contribution in [0.3, 0.4) is 0 Å². The third-order valence-electron chi connectivity index (χ3n) is 6.47. The second-order valence-electron chi connectivity index (χ2n) is 8.78. The molecule has 1 fully saturated rings. The Morgan fingerprint density at radius 1 is 0.970 bits per heavy atom. The van der Waals surface area contributed by atoms with Crippen molar-refractivity contribution in [1.82, 2.24) is 20.1 Å². The Morgan fingerprint density at radius 2 is 1.76 bits per heavy atom. The third kappa shape index (κ3) is 4.75. The van der Waals surface area contributed by atoms with Crippen molar-refractivity contribution in [2.45, 2.75) is 31.7 Å². The largest absolute Gasteiger partial charge is 0.348 e. The highest BCUT2D eigenvalue weighted by molar-refractivity contribution is 5.98. The van der Waals surface area contributed by atoms with Crippen molar-refractivity contribution in [3.8, 4) is 0 Å². The van der Waals surface area contributed by atoms with Crippen molar-refractivity contribution < 1.29 is 4.79 Å². The number of aryl methyl sites for hydroxylation is 2. The van der Waals surface area contributed by atoms with Crippen LogP contribution in [0.15, 0.2) is 72.8 Å². The number of aromatic nitrogens is 3. The number of fused-ring (bicyclic) bond motifs is 1. The minimum absolute atomic E-state index is 0.0193. The van der Waals surface area contributed by atoms with Crippen LogP contribution in [-0.2, 0) is 19.9 Å². The molecule has 0 saturated carbocycles. The molecule has 0 aliphatic carbocycles. The van der Waals surface area contributed by atoms with Crippen molar-refractivity contribution in [3.05, 3.63) is 89.7 Å². The minimum atomic E-state index is -0.0193. The van der Waals surface area contributed by atoms with Gasteiger partial charge in [0.2, 0.25) is 5.95 Å². The minimum Gasteiger partial charge on any atom is -0.348 e. The zero-order chi connectivity index (χ0) is 22.6. The van der Waals surface area contributed by atoms with Gasteiger partial charge in [-0.25, -0.2) is 0 Å². The molecule has 5 rings (SSSR count). The zero-order valence-corrected chi connectivity index (χ0v) is 18.9. The first kappa shape index (κ1) is 21.2. The van der Waals surface area contributed by atoms with Gasteiger partial charge in [-0.15, -0.1) is 10.2 Å². The molecule has 4 aromatic rings. The van der Waals surface area contributed by atoms with Crippen LogP contribution in [0.25, 0.3) is 10.8 Å². The van der Waals surface area contributed by atoms with Gasteiger partial charge < -0.3 is 14.8 Å². The maximum Gasteiger partial charge on any atom is 0.251 e. The molecule has 168 valence electrons. The summed E-state index contributed by atoms with van der Waals surface area (Å²) >= 11 is 0. The van der Waals surface area contributed by atoms with E-state index in [1.54, 1.807) is 0 Å². The van der Waals surface area contributed by atoms with Crippen molar-refractivity contribution in [1.29, 1.82) is 0 Å². The Morgan fingerprint density at radius 3 is 2.61 bits per heavy atom. The Balaban J connectivity index is 1.23. The quantitative estimate of drug-likeness (QED) is 0.490. The van der Waals surface area contributed by atoms with Gasteiger partial charge in [0.1, 0.15) is 5.82 Å². The van der Waals surface area contributed by atoms with Crippen LogP contribution in [0, 0.1) is 0 Å². The van der Waals surface area contributed by atoms with Crippen LogP contribution < -0.4 is 10.2 Å². The Hall–Kier alpha value is -3.67. The topological polar surface area (TPSA) is 63.1 Å². The monoisotopic (exact) mass is 439 g/mol. The highest BCUT2D eigenvalue weighted by atomic mass is 16.1. The van der Waals surface area contributed by atoms with Crippen LogP contribution in [-0.4, -0.2) is 39.8 Å². The number of benzene rings is 3. The fourth-order valence-corrected chi connectivity index (χ4v) is 4.62. The summed E-state index contributed by atoms with van der Waals surface area (Å²) in [5.41, 5.74) is 2.00. The molecule has 1 saturated heterocycles. The normalized spacial score (nSPS) is 16.2. The average Bonchev–Trinajstić information content (AvgIpc) is 3.23. The van der Waals surface area contributed by atoms with Gasteiger partial charge in [-0.3, -0.25) is 4.79 Å². The van der Waals surface area contributed by atoms with Gasteiger partial charge in [-0.2, -0.15) is 0 Å². The van der Waals surface area contributed by atoms with E-state index in [9.17, 15) is 4.79 Å². The number of carbonyl (C=O) groups is 1. The summed E-state index contributed by atoms with van der Waals surface area (Å²) in [5, 5.41) is 14.4. The second kappa shape index (κ2) is 9.45. The first-order valence-electron chi connectivity index (χ1n) is 11.6. The van der Waals surface area contributed by atoms with Gasteiger partial charge in [0.05, 0.1) is 0 Å². The Kier molecular flexibility index (Phi) is 6.07. The molecule has 0 radical (unpaired) electrons. The number of hydrogen-bond donors (Lipinski definition) is 1. The number of rotatable bonds is 6. The lowest BCUT2D eigenvalue weighted by Gasteiger charge is -2.33. The summed E-state index contributed by atoms with van der Waals surface area (Å²) < 4.78 is 2.09. The van der Waals surface area contributed by atoms with Crippen molar-refractivity contribution in [2.24, 2.45) is 7.05 Å². The van der Waals surface area contributed by atoms with E-state index in [0.717, 1.165) is 61.3 Å². The first-order valence-corrected chi connectivity index (χ1v) is 11.6. The fraction of sp³-hybridized carbons (Fsp3) is 0.296. The number of amides is 1. The predicted octanol–water partition coefficient (Wildman–Crippen LogP) is 4.15. The van der Waals surface area contributed by atoms with Gasteiger partial charge >= 0.3 is 0 Å². The molecule has 1 amide bonds. The van der Waals surface area contributed by atoms with Crippen LogP contribution >= 0.6 is 0 Å². The summed E-state index contributed by atoms with van der Waals surface area (Å²) in [6.45, 7) is 1.66. The van der Waals surface area contributed by atoms with Crippen molar-refractivity contribution >= 4 is 22.6 Å². The molecule has 1 unspecified atom stereocenters. The molecule has 0 bridgehead atoms. The van der Waals surface area contributed by atoms with Crippen molar-refractivity contribution in [3.63, 3.8) is 0 Å². The van der Waals surface area contributed by atoms with E-state index < -0.39 is 0 Å². The van der Waals surface area contributed by atoms with Gasteiger partial charge in [0.15, 0.2) is 0 Å². The average molecular weight is 440 g/mol. The number of piperidine rings is 1. The first-order chi connectivity index (χ1) is 16.2. The lowest BCUT2D eigenvalue weighted by atomic mass is 10.0. The van der Waals surface area contributed by atoms with Gasteiger partial charge in [-0.1, -0.05) is 60.7 Å². The van der Waals surface area contributed by atoms with Crippen molar-refractivity contribution in [2.75, 3.05) is 18.0 Å². The number of nitrogens with one attached hydrogen (secondary N) is 1. The summed E-state index contributed by atoms with van der Waals surface area (Å²) in [6, 6.07) is 24.5. The summed E-state index contributed by atoms with van der Waals surface area (Å²) in [6.07, 6.45) is 3.77. The van der Waals surface area contributed by atoms with E-state index in [1.165, 1.54) is 5.56 Å². The smallest absolute Gasteiger partial charge is 0.251 e. The molecule has 1 aliphatic heterocycles. The maximum absolute atomic E-state index is 12.9. The number of anilines is 1. The molecule has 0 spiro atoms. The molecule has 1 aromatic heterocycles. The van der Waals surface area contributed by atoms with Crippen LogP contribution in [0.1, 0.15) is 34.6 Å². The molecular weight excluding hydrogens is 410 g/mol. The predicted molar refractivity (Wildman–Crippen MR) is 132 cm³/mol. The fourth-order valence-electron chi connectivity index (χ4n) is 4.62. The Bertz CT molecular complexity index is 1250. The highest BCUT2D eigenvalue weighted by Gasteiger charge is 2.25. The van der Waals surface area contributed by atoms with Gasteiger partial charge in [-0.05, 0) is 47.7 Å². The highest BCUT2D eigenvalue weighted by Crippen LogP contribution is 2.20. The van der Waals surface area contributed by atoms with E-state index in [2.05, 4.69) is 55.3 Å². The number of hydrogen-bond acceptors (Lipinski definition) is 4. The summed E-state index contributed by atoms with van der Waals surface area (Å²) in [7, 11) is 2.03. The van der Waals surface area contributed by atoms with Gasteiger partial charge in [0, 0.05) is 38.2 Å². The lowest BCUT2D eigenvalue weighted by Crippen LogP contribution is -2.48. The van der Waals surface area contributed by atoms with E-state index in [1.807, 2.05) is 49.5 Å². The molecular formula is C27H29N5O. The standard InChI is InChI=1S/C27H29N5O/c1-31-25(16-13-20-8-3-2-4-9-20)29-30-27(31)32-17-7-12-24(19-32)28-26(33)23-15-14-21-10-5-6-11-22(21)18-23/h2-6,8-11,14-15,18,24H,7,12-13,16-17,19H2,1H3,(H,28,33). The molecule has 1 N–H and O–H groups in total. The second-order valence-corrected chi connectivity index (χ2v) is 8.78. The van der Waals surface area contributed by atoms with E-state index in [4.69, 9.17) is 0 Å². The molecule has 3 aromatic carbocycles. The Labute approximate surface area is 194 Å². The molecule has 1 atom stereocenters.